The molecule has 1 aromatic rings. The average Bonchev–Trinajstić information content (AvgIpc) is 2.40. The molecule has 19 heavy (non-hydrogen) atoms. The number of rotatable bonds is 9. The number of aryl methyl sites for hydroxylation is 1. The van der Waals surface area contributed by atoms with Gasteiger partial charge in [-0.25, -0.2) is 0 Å². The van der Waals surface area contributed by atoms with Crippen molar-refractivity contribution in [2.75, 3.05) is 19.8 Å². The van der Waals surface area contributed by atoms with E-state index in [1.54, 1.807) is 0 Å². The Morgan fingerprint density at radius 3 is 1.63 bits per heavy atom. The molecule has 4 nitrogen and oxygen atoms in total. The molecule has 0 aliphatic rings. The first-order valence-corrected chi connectivity index (χ1v) is 8.52. The quantitative estimate of drug-likeness (QED) is 0.653. The van der Waals surface area contributed by atoms with Crippen molar-refractivity contribution in [2.24, 2.45) is 0 Å². The van der Waals surface area contributed by atoms with E-state index in [-0.39, 0.29) is 0 Å². The van der Waals surface area contributed by atoms with Crippen LogP contribution >= 0.6 is 0 Å². The summed E-state index contributed by atoms with van der Waals surface area (Å²) >= 11 is 0. The molecule has 0 N–H and O–H groups in total. The third-order valence-electron chi connectivity index (χ3n) is 2.54. The van der Waals surface area contributed by atoms with Crippen molar-refractivity contribution >= 4 is 9.05 Å². The minimum atomic E-state index is -3.06. The molecule has 108 valence electrons. The van der Waals surface area contributed by atoms with E-state index >= 15 is 0 Å². The van der Waals surface area contributed by atoms with Gasteiger partial charge in [0.25, 0.3) is 0 Å². The zero-order valence-corrected chi connectivity index (χ0v) is 13.3. The molecule has 0 aliphatic heterocycles. The first-order chi connectivity index (χ1) is 9.19. The van der Waals surface area contributed by atoms with Crippen molar-refractivity contribution in [1.82, 2.24) is 0 Å². The highest BCUT2D eigenvalue weighted by Gasteiger charge is 2.47. The molecule has 5 heteroatoms. The van der Waals surface area contributed by atoms with Gasteiger partial charge in [0.1, 0.15) is 5.75 Å². The van der Waals surface area contributed by atoms with Gasteiger partial charge in [0.15, 0.2) is 0 Å². The van der Waals surface area contributed by atoms with Gasteiger partial charge in [0, 0.05) is 19.8 Å². The lowest BCUT2D eigenvalue weighted by atomic mass is 10.2. The Kier molecular flexibility index (Phi) is 7.08. The molecule has 1 rings (SSSR count). The van der Waals surface area contributed by atoms with Gasteiger partial charge < -0.3 is 17.7 Å². The summed E-state index contributed by atoms with van der Waals surface area (Å²) < 4.78 is 22.8. The first kappa shape index (κ1) is 16.2. The van der Waals surface area contributed by atoms with Crippen LogP contribution in [0.15, 0.2) is 24.3 Å². The maximum Gasteiger partial charge on any atom is 0.749 e. The van der Waals surface area contributed by atoms with E-state index in [0.717, 1.165) is 12.2 Å². The van der Waals surface area contributed by atoms with Gasteiger partial charge in [-0.1, -0.05) is 19.1 Å². The second-order valence-corrected chi connectivity index (χ2v) is 5.97. The molecule has 0 radical (unpaired) electrons. The van der Waals surface area contributed by atoms with Gasteiger partial charge >= 0.3 is 9.05 Å². The SMILES string of the molecule is CCO[Si](OCC)(OCC)Oc1ccc(CC)cc1. The molecule has 0 aliphatic carbocycles. The predicted octanol–water partition coefficient (Wildman–Crippen LogP) is 3.17. The van der Waals surface area contributed by atoms with Crippen LogP contribution in [-0.2, 0) is 19.7 Å². The van der Waals surface area contributed by atoms with E-state index in [0.29, 0.717) is 19.8 Å². The normalized spacial score (nSPS) is 11.6. The highest BCUT2D eigenvalue weighted by atomic mass is 28.4. The monoisotopic (exact) mass is 284 g/mol. The summed E-state index contributed by atoms with van der Waals surface area (Å²) in [6.07, 6.45) is 1.01. The molecule has 0 unspecified atom stereocenters. The summed E-state index contributed by atoms with van der Waals surface area (Å²) in [7, 11) is -3.06. The largest absolute Gasteiger partial charge is 0.749 e. The Hall–Kier alpha value is -0.883. The Morgan fingerprint density at radius 1 is 0.789 bits per heavy atom. The molecular formula is C14H24O4Si. The summed E-state index contributed by atoms with van der Waals surface area (Å²) in [5.41, 5.74) is 1.27. The fourth-order valence-corrected chi connectivity index (χ4v) is 3.59. The van der Waals surface area contributed by atoms with E-state index in [2.05, 4.69) is 6.92 Å². The smallest absolute Gasteiger partial charge is 0.480 e. The van der Waals surface area contributed by atoms with Crippen LogP contribution in [-0.4, -0.2) is 28.9 Å². The molecule has 0 aromatic heterocycles. The van der Waals surface area contributed by atoms with Crippen LogP contribution in [0.1, 0.15) is 33.3 Å². The summed E-state index contributed by atoms with van der Waals surface area (Å²) in [6, 6.07) is 7.94. The van der Waals surface area contributed by atoms with Gasteiger partial charge in [0.2, 0.25) is 0 Å². The van der Waals surface area contributed by atoms with Crippen LogP contribution in [0.25, 0.3) is 0 Å². The van der Waals surface area contributed by atoms with Crippen molar-refractivity contribution < 1.29 is 17.7 Å². The van der Waals surface area contributed by atoms with Crippen LogP contribution in [0.5, 0.6) is 5.75 Å². The Labute approximate surface area is 117 Å². The summed E-state index contributed by atoms with van der Waals surface area (Å²) in [6.45, 7) is 9.34. The van der Waals surface area contributed by atoms with Gasteiger partial charge in [-0.2, -0.15) is 0 Å². The zero-order chi connectivity index (χ0) is 14.1. The summed E-state index contributed by atoms with van der Waals surface area (Å²) in [4.78, 5) is 0. The lowest BCUT2D eigenvalue weighted by molar-refractivity contribution is 0.00970. The summed E-state index contributed by atoms with van der Waals surface area (Å²) in [5.74, 6) is 0.721. The molecule has 0 atom stereocenters. The standard InChI is InChI=1S/C14H24O4Si/c1-5-13-9-11-14(12-10-13)18-19(15-6-2,16-7-3)17-8-4/h9-12H,5-8H2,1-4H3. The van der Waals surface area contributed by atoms with Crippen molar-refractivity contribution in [2.45, 2.75) is 34.1 Å². The first-order valence-electron chi connectivity index (χ1n) is 6.89. The minimum absolute atomic E-state index is 0.499. The fourth-order valence-electron chi connectivity index (χ4n) is 1.68. The fraction of sp³-hybridized carbons (Fsp3) is 0.571. The van der Waals surface area contributed by atoms with Gasteiger partial charge in [-0.3, -0.25) is 0 Å². The third-order valence-corrected chi connectivity index (χ3v) is 4.95. The van der Waals surface area contributed by atoms with Crippen LogP contribution in [0, 0.1) is 0 Å². The topological polar surface area (TPSA) is 36.9 Å². The molecule has 0 saturated heterocycles. The third kappa shape index (κ3) is 4.95. The van der Waals surface area contributed by atoms with Crippen LogP contribution in [0.2, 0.25) is 0 Å². The second kappa shape index (κ2) is 8.32. The van der Waals surface area contributed by atoms with Gasteiger partial charge in [-0.15, -0.1) is 0 Å². The Morgan fingerprint density at radius 2 is 1.26 bits per heavy atom. The van der Waals surface area contributed by atoms with Crippen LogP contribution < -0.4 is 4.43 Å². The van der Waals surface area contributed by atoms with E-state index in [9.17, 15) is 0 Å². The molecule has 0 amide bonds. The molecule has 0 spiro atoms. The molecule has 0 fully saturated rings. The lowest BCUT2D eigenvalue weighted by Gasteiger charge is -2.27. The molecule has 0 saturated carbocycles. The molecule has 0 bridgehead atoms. The molecule has 0 heterocycles. The van der Waals surface area contributed by atoms with E-state index in [1.807, 2.05) is 45.0 Å². The van der Waals surface area contributed by atoms with Crippen molar-refractivity contribution in [3.05, 3.63) is 29.8 Å². The zero-order valence-electron chi connectivity index (χ0n) is 12.3. The maximum absolute atomic E-state index is 5.90. The minimum Gasteiger partial charge on any atom is -0.480 e. The summed E-state index contributed by atoms with van der Waals surface area (Å²) in [5, 5.41) is 0. The Balaban J connectivity index is 2.84. The second-order valence-electron chi connectivity index (χ2n) is 3.90. The van der Waals surface area contributed by atoms with E-state index < -0.39 is 9.05 Å². The Bertz CT molecular complexity index is 336. The average molecular weight is 284 g/mol. The van der Waals surface area contributed by atoms with Crippen LogP contribution in [0.4, 0.5) is 0 Å². The maximum atomic E-state index is 5.90. The van der Waals surface area contributed by atoms with Crippen molar-refractivity contribution in [3.63, 3.8) is 0 Å². The van der Waals surface area contributed by atoms with E-state index in [4.69, 9.17) is 17.7 Å². The van der Waals surface area contributed by atoms with Crippen molar-refractivity contribution in [3.8, 4) is 5.75 Å². The highest BCUT2D eigenvalue weighted by Crippen LogP contribution is 2.20. The van der Waals surface area contributed by atoms with Crippen molar-refractivity contribution in [1.29, 1.82) is 0 Å². The number of benzene rings is 1. The van der Waals surface area contributed by atoms with Gasteiger partial charge in [-0.05, 0) is 44.9 Å². The van der Waals surface area contributed by atoms with E-state index in [1.165, 1.54) is 5.56 Å². The van der Waals surface area contributed by atoms with Gasteiger partial charge in [0.05, 0.1) is 0 Å². The molecule has 1 aromatic carbocycles. The lowest BCUT2D eigenvalue weighted by Crippen LogP contribution is -2.52. The number of hydrogen-bond donors (Lipinski definition) is 0. The molecular weight excluding hydrogens is 260 g/mol. The van der Waals surface area contributed by atoms with Crippen LogP contribution in [0.3, 0.4) is 0 Å². The predicted molar refractivity (Wildman–Crippen MR) is 77.1 cm³/mol. The highest BCUT2D eigenvalue weighted by molar-refractivity contribution is 6.54. The number of hydrogen-bond acceptors (Lipinski definition) is 4.